The van der Waals surface area contributed by atoms with Gasteiger partial charge in [0.25, 0.3) is 0 Å². The molecular formula is C16H15FN4O4. The minimum Gasteiger partial charge on any atom is -0.360 e. The molecule has 8 nitrogen and oxygen atoms in total. The van der Waals surface area contributed by atoms with Gasteiger partial charge in [0, 0.05) is 25.5 Å². The summed E-state index contributed by atoms with van der Waals surface area (Å²) in [5.41, 5.74) is 0.769. The number of hydrogen-bond acceptors (Lipinski definition) is 6. The summed E-state index contributed by atoms with van der Waals surface area (Å²) in [5.74, 6) is -0.0714. The summed E-state index contributed by atoms with van der Waals surface area (Å²) in [7, 11) is 0. The lowest BCUT2D eigenvalue weighted by Gasteiger charge is -2.05. The van der Waals surface area contributed by atoms with E-state index in [4.69, 9.17) is 4.52 Å². The van der Waals surface area contributed by atoms with Gasteiger partial charge in [-0.25, -0.2) is 9.18 Å². The lowest BCUT2D eigenvalue weighted by Crippen LogP contribution is -2.22. The van der Waals surface area contributed by atoms with Gasteiger partial charge in [0.2, 0.25) is 5.91 Å². The van der Waals surface area contributed by atoms with Crippen LogP contribution in [0.4, 0.5) is 10.2 Å². The van der Waals surface area contributed by atoms with Crippen LogP contribution in [0.15, 0.2) is 44.2 Å². The summed E-state index contributed by atoms with van der Waals surface area (Å²) in [6, 6.07) is 7.43. The lowest BCUT2D eigenvalue weighted by molar-refractivity contribution is -0.116. The average molecular weight is 346 g/mol. The van der Waals surface area contributed by atoms with Crippen LogP contribution in [0.2, 0.25) is 0 Å². The van der Waals surface area contributed by atoms with Gasteiger partial charge in [-0.2, -0.15) is 0 Å². The fraction of sp³-hybridized carbons (Fsp3) is 0.250. The SMILES string of the molecule is Cc1cc(NC(=O)CCn2c(Cc3ccc(F)cc3)noc2=O)no1. The Balaban J connectivity index is 1.64. The third-order valence-electron chi connectivity index (χ3n) is 3.49. The van der Waals surface area contributed by atoms with Crippen LogP contribution in [0.3, 0.4) is 0 Å². The van der Waals surface area contributed by atoms with Crippen molar-refractivity contribution in [1.29, 1.82) is 0 Å². The Morgan fingerprint density at radius 1 is 1.24 bits per heavy atom. The van der Waals surface area contributed by atoms with Crippen LogP contribution in [-0.2, 0) is 17.8 Å². The number of carbonyl (C=O) groups is 1. The standard InChI is InChI=1S/C16H15FN4O4/c1-10-8-13(19-24-10)18-15(22)6-7-21-14(20-25-16(21)23)9-11-2-4-12(17)5-3-11/h2-5,8H,6-7,9H2,1H3,(H,18,19,22). The number of hydrogen-bond donors (Lipinski definition) is 1. The van der Waals surface area contributed by atoms with Crippen molar-refractivity contribution in [1.82, 2.24) is 14.9 Å². The Bertz CT molecular complexity index is 926. The highest BCUT2D eigenvalue weighted by atomic mass is 19.1. The van der Waals surface area contributed by atoms with Gasteiger partial charge in [0.15, 0.2) is 11.6 Å². The quantitative estimate of drug-likeness (QED) is 0.731. The fourth-order valence-corrected chi connectivity index (χ4v) is 2.27. The predicted octanol–water partition coefficient (Wildman–Crippen LogP) is 1.89. The van der Waals surface area contributed by atoms with E-state index in [2.05, 4.69) is 20.2 Å². The first-order chi connectivity index (χ1) is 12.0. The monoisotopic (exact) mass is 346 g/mol. The first kappa shape index (κ1) is 16.6. The highest BCUT2D eigenvalue weighted by Crippen LogP contribution is 2.10. The van der Waals surface area contributed by atoms with E-state index in [1.54, 1.807) is 25.1 Å². The van der Waals surface area contributed by atoms with Gasteiger partial charge >= 0.3 is 5.76 Å². The highest BCUT2D eigenvalue weighted by molar-refractivity contribution is 5.89. The van der Waals surface area contributed by atoms with E-state index in [1.165, 1.54) is 16.7 Å². The van der Waals surface area contributed by atoms with Gasteiger partial charge < -0.3 is 9.84 Å². The zero-order valence-corrected chi connectivity index (χ0v) is 13.4. The zero-order valence-electron chi connectivity index (χ0n) is 13.4. The fourth-order valence-electron chi connectivity index (χ4n) is 2.27. The first-order valence-electron chi connectivity index (χ1n) is 7.54. The largest absolute Gasteiger partial charge is 0.441 e. The summed E-state index contributed by atoms with van der Waals surface area (Å²) >= 11 is 0. The minimum absolute atomic E-state index is 0.0312. The van der Waals surface area contributed by atoms with Crippen LogP contribution in [-0.4, -0.2) is 20.8 Å². The van der Waals surface area contributed by atoms with E-state index in [0.29, 0.717) is 17.4 Å². The van der Waals surface area contributed by atoms with Crippen molar-refractivity contribution in [2.75, 3.05) is 5.32 Å². The zero-order chi connectivity index (χ0) is 17.8. The van der Waals surface area contributed by atoms with Crippen molar-refractivity contribution in [3.8, 4) is 0 Å². The molecular weight excluding hydrogens is 331 g/mol. The maximum absolute atomic E-state index is 13.0. The predicted molar refractivity (Wildman–Crippen MR) is 84.5 cm³/mol. The van der Waals surface area contributed by atoms with E-state index >= 15 is 0 Å². The molecule has 0 fully saturated rings. The maximum atomic E-state index is 13.0. The molecule has 0 aliphatic carbocycles. The number of nitrogens with zero attached hydrogens (tertiary/aromatic N) is 3. The molecule has 25 heavy (non-hydrogen) atoms. The molecule has 2 heterocycles. The molecule has 0 bridgehead atoms. The van der Waals surface area contributed by atoms with Crippen LogP contribution >= 0.6 is 0 Å². The smallest absolute Gasteiger partial charge is 0.360 e. The van der Waals surface area contributed by atoms with Gasteiger partial charge in [0.1, 0.15) is 11.6 Å². The van der Waals surface area contributed by atoms with Crippen molar-refractivity contribution < 1.29 is 18.2 Å². The number of amides is 1. The number of aryl methyl sites for hydroxylation is 1. The van der Waals surface area contributed by atoms with Gasteiger partial charge in [-0.1, -0.05) is 22.4 Å². The van der Waals surface area contributed by atoms with Crippen molar-refractivity contribution in [2.45, 2.75) is 26.3 Å². The van der Waals surface area contributed by atoms with Crippen LogP contribution < -0.4 is 11.1 Å². The third-order valence-corrected chi connectivity index (χ3v) is 3.49. The molecule has 9 heteroatoms. The molecule has 2 aromatic heterocycles. The Morgan fingerprint density at radius 3 is 2.68 bits per heavy atom. The number of anilines is 1. The molecule has 3 rings (SSSR count). The average Bonchev–Trinajstić information content (AvgIpc) is 3.14. The molecule has 1 aromatic carbocycles. The number of rotatable bonds is 6. The molecule has 0 unspecified atom stereocenters. The number of benzene rings is 1. The molecule has 0 aliphatic rings. The van der Waals surface area contributed by atoms with Crippen LogP contribution in [0.1, 0.15) is 23.6 Å². The Labute approximate surface area is 141 Å². The van der Waals surface area contributed by atoms with E-state index in [-0.39, 0.29) is 31.1 Å². The number of halogens is 1. The topological polar surface area (TPSA) is 103 Å². The third kappa shape index (κ3) is 4.19. The number of aromatic nitrogens is 3. The van der Waals surface area contributed by atoms with Gasteiger partial charge in [0.05, 0.1) is 0 Å². The first-order valence-corrected chi connectivity index (χ1v) is 7.54. The second kappa shape index (κ2) is 7.12. The van der Waals surface area contributed by atoms with Crippen LogP contribution in [0.25, 0.3) is 0 Å². The van der Waals surface area contributed by atoms with Crippen LogP contribution in [0, 0.1) is 12.7 Å². The van der Waals surface area contributed by atoms with E-state index in [1.807, 2.05) is 0 Å². The highest BCUT2D eigenvalue weighted by Gasteiger charge is 2.14. The van der Waals surface area contributed by atoms with Crippen molar-refractivity contribution >= 4 is 11.7 Å². The van der Waals surface area contributed by atoms with Crippen molar-refractivity contribution in [2.24, 2.45) is 0 Å². The second-order valence-electron chi connectivity index (χ2n) is 5.44. The van der Waals surface area contributed by atoms with Gasteiger partial charge in [-0.15, -0.1) is 0 Å². The van der Waals surface area contributed by atoms with E-state index in [0.717, 1.165) is 5.56 Å². The minimum atomic E-state index is -0.651. The molecule has 0 saturated carbocycles. The molecule has 1 amide bonds. The molecule has 0 aliphatic heterocycles. The van der Waals surface area contributed by atoms with E-state index in [9.17, 15) is 14.0 Å². The maximum Gasteiger partial charge on any atom is 0.441 e. The summed E-state index contributed by atoms with van der Waals surface area (Å²) < 4.78 is 23.8. The van der Waals surface area contributed by atoms with Gasteiger partial charge in [-0.3, -0.25) is 13.9 Å². The molecule has 0 radical (unpaired) electrons. The summed E-state index contributed by atoms with van der Waals surface area (Å²) in [6.45, 7) is 1.81. The number of nitrogens with one attached hydrogen (secondary N) is 1. The lowest BCUT2D eigenvalue weighted by atomic mass is 10.1. The van der Waals surface area contributed by atoms with Crippen molar-refractivity contribution in [3.05, 3.63) is 63.8 Å². The number of carbonyl (C=O) groups excluding carboxylic acids is 1. The molecule has 0 saturated heterocycles. The van der Waals surface area contributed by atoms with Crippen molar-refractivity contribution in [3.63, 3.8) is 0 Å². The molecule has 0 spiro atoms. The Hall–Kier alpha value is -3.23. The van der Waals surface area contributed by atoms with Crippen LogP contribution in [0.5, 0.6) is 0 Å². The molecule has 1 N–H and O–H groups in total. The molecule has 3 aromatic rings. The summed E-state index contributed by atoms with van der Waals surface area (Å²) in [5, 5.41) is 9.95. The second-order valence-corrected chi connectivity index (χ2v) is 5.44. The summed E-state index contributed by atoms with van der Waals surface area (Å²) in [4.78, 5) is 23.7. The normalized spacial score (nSPS) is 10.8. The Kier molecular flexibility index (Phi) is 4.73. The van der Waals surface area contributed by atoms with Gasteiger partial charge in [-0.05, 0) is 24.6 Å². The van der Waals surface area contributed by atoms with E-state index < -0.39 is 5.76 Å². The Morgan fingerprint density at radius 2 is 2.00 bits per heavy atom. The summed E-state index contributed by atoms with van der Waals surface area (Å²) in [6.07, 6.45) is 0.319. The molecule has 130 valence electrons. The molecule has 0 atom stereocenters.